The van der Waals surface area contributed by atoms with E-state index in [2.05, 4.69) is 4.18 Å². The first-order valence-corrected chi connectivity index (χ1v) is 7.15. The number of aliphatic hydroxyl groups is 1. The van der Waals surface area contributed by atoms with Gasteiger partial charge in [0.1, 0.15) is 0 Å². The van der Waals surface area contributed by atoms with Crippen molar-refractivity contribution in [2.75, 3.05) is 13.2 Å². The zero-order valence-electron chi connectivity index (χ0n) is 10.3. The van der Waals surface area contributed by atoms with Gasteiger partial charge in [-0.25, -0.2) is 4.18 Å². The quantitative estimate of drug-likeness (QED) is 0.391. The van der Waals surface area contributed by atoms with E-state index in [1.807, 2.05) is 0 Å². The largest absolute Gasteiger partial charge is 0.397 e. The number of hydrogen-bond donors (Lipinski definition) is 3. The maximum atomic E-state index is 10.2. The van der Waals surface area contributed by atoms with Crippen LogP contribution in [0.3, 0.4) is 0 Å². The van der Waals surface area contributed by atoms with Crippen LogP contribution in [0.1, 0.15) is 51.4 Å². The summed E-state index contributed by atoms with van der Waals surface area (Å²) in [5.74, 6) is 0. The van der Waals surface area contributed by atoms with Crippen molar-refractivity contribution in [2.45, 2.75) is 51.4 Å². The first-order chi connectivity index (χ1) is 7.56. The van der Waals surface area contributed by atoms with Crippen molar-refractivity contribution >= 4 is 10.4 Å². The SMILES string of the molecule is N.O=S(=O)(O)OCCCCCCCCCCO. The van der Waals surface area contributed by atoms with Crippen LogP contribution in [0, 0.1) is 0 Å². The number of hydrogen-bond acceptors (Lipinski definition) is 5. The Morgan fingerprint density at radius 3 is 1.65 bits per heavy atom. The summed E-state index contributed by atoms with van der Waals surface area (Å²) in [6.07, 6.45) is 7.98. The van der Waals surface area contributed by atoms with Crippen molar-refractivity contribution in [3.05, 3.63) is 0 Å². The highest BCUT2D eigenvalue weighted by Gasteiger charge is 2.02. The van der Waals surface area contributed by atoms with Gasteiger partial charge in [-0.1, -0.05) is 38.5 Å². The third kappa shape index (κ3) is 18.4. The predicted octanol–water partition coefficient (Wildman–Crippen LogP) is 2.08. The minimum atomic E-state index is -4.26. The lowest BCUT2D eigenvalue weighted by Crippen LogP contribution is -2.04. The van der Waals surface area contributed by atoms with Gasteiger partial charge < -0.3 is 11.3 Å². The first kappa shape index (κ1) is 19.1. The Morgan fingerprint density at radius 1 is 0.824 bits per heavy atom. The second-order valence-electron chi connectivity index (χ2n) is 3.80. The Balaban J connectivity index is 0. The van der Waals surface area contributed by atoms with Crippen LogP contribution in [0.15, 0.2) is 0 Å². The summed E-state index contributed by atoms with van der Waals surface area (Å²) < 4.78 is 32.8. The zero-order chi connectivity index (χ0) is 12.3. The molecule has 0 saturated carbocycles. The molecule has 7 heteroatoms. The van der Waals surface area contributed by atoms with Crippen molar-refractivity contribution < 1.29 is 22.3 Å². The summed E-state index contributed by atoms with van der Waals surface area (Å²) in [7, 11) is -4.26. The summed E-state index contributed by atoms with van der Waals surface area (Å²) in [5.41, 5.74) is 0. The minimum Gasteiger partial charge on any atom is -0.396 e. The van der Waals surface area contributed by atoms with Gasteiger partial charge in [0.15, 0.2) is 0 Å². The molecule has 0 atom stereocenters. The van der Waals surface area contributed by atoms with E-state index in [0.29, 0.717) is 6.42 Å². The normalized spacial score (nSPS) is 11.2. The number of aliphatic hydroxyl groups excluding tert-OH is 1. The van der Waals surface area contributed by atoms with E-state index < -0.39 is 10.4 Å². The summed E-state index contributed by atoms with van der Waals surface area (Å²) in [4.78, 5) is 0. The monoisotopic (exact) mass is 271 g/mol. The van der Waals surface area contributed by atoms with E-state index >= 15 is 0 Å². The van der Waals surface area contributed by atoms with Gasteiger partial charge in [0, 0.05) is 6.61 Å². The minimum absolute atomic E-state index is 0. The van der Waals surface area contributed by atoms with Gasteiger partial charge in [-0.05, 0) is 12.8 Å². The maximum absolute atomic E-state index is 10.2. The molecule has 0 aromatic rings. The molecule has 0 spiro atoms. The van der Waals surface area contributed by atoms with Crippen molar-refractivity contribution in [3.63, 3.8) is 0 Å². The van der Waals surface area contributed by atoms with Crippen LogP contribution in [0.25, 0.3) is 0 Å². The van der Waals surface area contributed by atoms with Crippen LogP contribution in [-0.2, 0) is 14.6 Å². The fourth-order valence-corrected chi connectivity index (χ4v) is 1.77. The van der Waals surface area contributed by atoms with Crippen molar-refractivity contribution in [2.24, 2.45) is 0 Å². The van der Waals surface area contributed by atoms with Gasteiger partial charge in [-0.2, -0.15) is 8.42 Å². The third-order valence-corrected chi connectivity index (χ3v) is 2.75. The molecule has 0 aliphatic carbocycles. The molecule has 0 rings (SSSR count). The molecule has 0 radical (unpaired) electrons. The standard InChI is InChI=1S/C10H22O5S.H3N/c11-9-7-5-3-1-2-4-6-8-10-15-16(12,13)14;/h11H,1-10H2,(H,12,13,14);1H3. The molecule has 0 aromatic heterocycles. The highest BCUT2D eigenvalue weighted by atomic mass is 32.3. The van der Waals surface area contributed by atoms with Crippen molar-refractivity contribution in [1.82, 2.24) is 6.15 Å². The van der Waals surface area contributed by atoms with Crippen molar-refractivity contribution in [1.29, 1.82) is 0 Å². The van der Waals surface area contributed by atoms with Crippen LogP contribution in [-0.4, -0.2) is 31.3 Å². The van der Waals surface area contributed by atoms with Gasteiger partial charge in [0.2, 0.25) is 0 Å². The van der Waals surface area contributed by atoms with Crippen LogP contribution in [0.4, 0.5) is 0 Å². The lowest BCUT2D eigenvalue weighted by molar-refractivity contribution is 0.261. The lowest BCUT2D eigenvalue weighted by Gasteiger charge is -2.01. The summed E-state index contributed by atoms with van der Waals surface area (Å²) >= 11 is 0. The Kier molecular flexibility index (Phi) is 13.8. The fraction of sp³-hybridized carbons (Fsp3) is 1.00. The number of rotatable bonds is 11. The average molecular weight is 271 g/mol. The van der Waals surface area contributed by atoms with Gasteiger partial charge in [0.05, 0.1) is 6.61 Å². The van der Waals surface area contributed by atoms with Crippen molar-refractivity contribution in [3.8, 4) is 0 Å². The summed E-state index contributed by atoms with van der Waals surface area (Å²) in [6, 6.07) is 0. The Morgan fingerprint density at radius 2 is 1.24 bits per heavy atom. The Bertz CT molecular complexity index is 243. The molecule has 0 bridgehead atoms. The third-order valence-electron chi connectivity index (χ3n) is 2.28. The lowest BCUT2D eigenvalue weighted by atomic mass is 10.1. The number of unbranched alkanes of at least 4 members (excludes halogenated alkanes) is 7. The molecule has 0 saturated heterocycles. The van der Waals surface area contributed by atoms with Crippen LogP contribution >= 0.6 is 0 Å². The average Bonchev–Trinajstić information content (AvgIpc) is 2.19. The second kappa shape index (κ2) is 12.3. The zero-order valence-corrected chi connectivity index (χ0v) is 11.1. The van der Waals surface area contributed by atoms with E-state index in [4.69, 9.17) is 9.66 Å². The molecule has 17 heavy (non-hydrogen) atoms. The molecule has 106 valence electrons. The van der Waals surface area contributed by atoms with Gasteiger partial charge >= 0.3 is 10.4 Å². The van der Waals surface area contributed by atoms with E-state index in [0.717, 1.165) is 44.9 Å². The highest BCUT2D eigenvalue weighted by Crippen LogP contribution is 2.08. The molecular weight excluding hydrogens is 246 g/mol. The molecule has 0 amide bonds. The molecular formula is C10H25NO5S. The molecule has 0 aliphatic heterocycles. The van der Waals surface area contributed by atoms with Crippen LogP contribution in [0.2, 0.25) is 0 Å². The highest BCUT2D eigenvalue weighted by molar-refractivity contribution is 7.80. The molecule has 0 heterocycles. The Labute approximate surface area is 104 Å². The smallest absolute Gasteiger partial charge is 0.396 e. The Hall–Kier alpha value is -0.210. The van der Waals surface area contributed by atoms with E-state index in [-0.39, 0.29) is 19.4 Å². The fourth-order valence-electron chi connectivity index (χ4n) is 1.44. The summed E-state index contributed by atoms with van der Waals surface area (Å²) in [5, 5.41) is 8.55. The van der Waals surface area contributed by atoms with E-state index in [9.17, 15) is 8.42 Å². The molecule has 0 fully saturated rings. The molecule has 0 aliphatic rings. The van der Waals surface area contributed by atoms with Crippen LogP contribution in [0.5, 0.6) is 0 Å². The van der Waals surface area contributed by atoms with E-state index in [1.165, 1.54) is 0 Å². The molecule has 5 N–H and O–H groups in total. The first-order valence-electron chi connectivity index (χ1n) is 5.79. The molecule has 0 unspecified atom stereocenters. The van der Waals surface area contributed by atoms with Gasteiger partial charge in [-0.15, -0.1) is 0 Å². The van der Waals surface area contributed by atoms with Gasteiger partial charge in [-0.3, -0.25) is 4.55 Å². The second-order valence-corrected chi connectivity index (χ2v) is 4.89. The topological polar surface area (TPSA) is 119 Å². The molecule has 0 aromatic carbocycles. The predicted molar refractivity (Wildman–Crippen MR) is 66.5 cm³/mol. The molecule has 6 nitrogen and oxygen atoms in total. The van der Waals surface area contributed by atoms with E-state index in [1.54, 1.807) is 0 Å². The van der Waals surface area contributed by atoms with Gasteiger partial charge in [0.25, 0.3) is 0 Å². The summed E-state index contributed by atoms with van der Waals surface area (Å²) in [6.45, 7) is 0.330. The van der Waals surface area contributed by atoms with Crippen LogP contribution < -0.4 is 6.15 Å². The maximum Gasteiger partial charge on any atom is 0.397 e.